The van der Waals surface area contributed by atoms with E-state index >= 15 is 0 Å². The molecule has 3 N–H and O–H groups in total. The minimum absolute atomic E-state index is 0.281. The fraction of sp³-hybridized carbons (Fsp3) is 0.500. The van der Waals surface area contributed by atoms with E-state index in [2.05, 4.69) is 18.7 Å². The number of hydrogen-bond acceptors (Lipinski definition) is 4. The number of aliphatic hydroxyl groups excluding tert-OH is 1. The molecular weight excluding hydrogens is 260 g/mol. The van der Waals surface area contributed by atoms with Crippen molar-refractivity contribution >= 4 is 17.2 Å². The molecule has 0 aliphatic rings. The quantitative estimate of drug-likeness (QED) is 0.706. The normalized spacial score (nSPS) is 12.4. The van der Waals surface area contributed by atoms with Crippen molar-refractivity contribution in [3.8, 4) is 5.75 Å². The third-order valence-corrected chi connectivity index (χ3v) is 3.18. The Morgan fingerprint density at radius 3 is 2.37 bits per heavy atom. The largest absolute Gasteiger partial charge is 0.491 e. The second kappa shape index (κ2) is 8.09. The molecule has 0 fully saturated rings. The van der Waals surface area contributed by atoms with Crippen LogP contribution in [0, 0.1) is 0 Å². The van der Waals surface area contributed by atoms with Crippen LogP contribution >= 0.6 is 12.2 Å². The summed E-state index contributed by atoms with van der Waals surface area (Å²) >= 11 is 4.88. The van der Waals surface area contributed by atoms with Gasteiger partial charge in [0.25, 0.3) is 0 Å². The lowest BCUT2D eigenvalue weighted by atomic mass is 10.2. The van der Waals surface area contributed by atoms with E-state index in [1.54, 1.807) is 12.1 Å². The van der Waals surface area contributed by atoms with Gasteiger partial charge in [0.15, 0.2) is 0 Å². The number of ether oxygens (including phenoxy) is 1. The van der Waals surface area contributed by atoms with Gasteiger partial charge in [0.2, 0.25) is 0 Å². The Morgan fingerprint density at radius 2 is 1.89 bits per heavy atom. The minimum Gasteiger partial charge on any atom is -0.491 e. The van der Waals surface area contributed by atoms with E-state index in [9.17, 15) is 5.11 Å². The highest BCUT2D eigenvalue weighted by atomic mass is 32.1. The molecule has 5 heteroatoms. The second-order valence-corrected chi connectivity index (χ2v) is 4.78. The SMILES string of the molecule is CCN(CC)CC(O)COc1ccc(C(N)=S)cc1. The van der Waals surface area contributed by atoms with E-state index in [0.717, 1.165) is 18.7 Å². The van der Waals surface area contributed by atoms with Crippen molar-refractivity contribution in [1.29, 1.82) is 0 Å². The molecule has 0 aliphatic carbocycles. The van der Waals surface area contributed by atoms with E-state index in [1.807, 2.05) is 12.1 Å². The summed E-state index contributed by atoms with van der Waals surface area (Å²) in [6, 6.07) is 7.24. The molecule has 0 saturated carbocycles. The standard InChI is InChI=1S/C14H22N2O2S/c1-3-16(4-2)9-12(17)10-18-13-7-5-11(6-8-13)14(15)19/h5-8,12,17H,3-4,9-10H2,1-2H3,(H2,15,19). The summed E-state index contributed by atoms with van der Waals surface area (Å²) in [6.45, 7) is 6.91. The zero-order valence-electron chi connectivity index (χ0n) is 11.5. The number of likely N-dealkylation sites (N-methyl/N-ethyl adjacent to an activating group) is 1. The summed E-state index contributed by atoms with van der Waals surface area (Å²) < 4.78 is 5.53. The van der Waals surface area contributed by atoms with Gasteiger partial charge in [-0.1, -0.05) is 26.1 Å². The molecule has 1 aromatic carbocycles. The van der Waals surface area contributed by atoms with Crippen LogP contribution in [-0.4, -0.2) is 47.3 Å². The van der Waals surface area contributed by atoms with E-state index in [-0.39, 0.29) is 6.61 Å². The number of hydrogen-bond donors (Lipinski definition) is 2. The summed E-state index contributed by atoms with van der Waals surface area (Å²) in [6.07, 6.45) is -0.491. The second-order valence-electron chi connectivity index (χ2n) is 4.34. The van der Waals surface area contributed by atoms with E-state index in [4.69, 9.17) is 22.7 Å². The first-order valence-corrected chi connectivity index (χ1v) is 6.90. The predicted molar refractivity (Wildman–Crippen MR) is 81.6 cm³/mol. The van der Waals surface area contributed by atoms with Gasteiger partial charge in [0, 0.05) is 12.1 Å². The maximum atomic E-state index is 9.88. The molecule has 0 heterocycles. The molecule has 0 saturated heterocycles. The Balaban J connectivity index is 2.41. The van der Waals surface area contributed by atoms with Crippen LogP contribution in [-0.2, 0) is 0 Å². The summed E-state index contributed by atoms with van der Waals surface area (Å²) in [7, 11) is 0. The molecule has 0 bridgehead atoms. The maximum Gasteiger partial charge on any atom is 0.119 e. The van der Waals surface area contributed by atoms with Gasteiger partial charge in [-0.05, 0) is 37.4 Å². The Hall–Kier alpha value is -1.17. The first kappa shape index (κ1) is 15.9. The number of nitrogens with two attached hydrogens (primary N) is 1. The molecule has 1 unspecified atom stereocenters. The zero-order valence-corrected chi connectivity index (χ0v) is 12.3. The number of nitrogens with zero attached hydrogens (tertiary/aromatic N) is 1. The van der Waals surface area contributed by atoms with Gasteiger partial charge in [-0.2, -0.15) is 0 Å². The molecule has 0 radical (unpaired) electrons. The molecule has 19 heavy (non-hydrogen) atoms. The predicted octanol–water partition coefficient (Wildman–Crippen LogP) is 1.40. The molecule has 0 aromatic heterocycles. The lowest BCUT2D eigenvalue weighted by Gasteiger charge is -2.21. The van der Waals surface area contributed by atoms with Crippen LogP contribution in [0.2, 0.25) is 0 Å². The van der Waals surface area contributed by atoms with E-state index < -0.39 is 6.10 Å². The third-order valence-electron chi connectivity index (χ3n) is 2.94. The van der Waals surface area contributed by atoms with Gasteiger partial charge in [-0.15, -0.1) is 0 Å². The lowest BCUT2D eigenvalue weighted by Crippen LogP contribution is -2.35. The minimum atomic E-state index is -0.491. The van der Waals surface area contributed by atoms with E-state index in [1.165, 1.54) is 0 Å². The Labute approximate surface area is 120 Å². The smallest absolute Gasteiger partial charge is 0.119 e. The topological polar surface area (TPSA) is 58.7 Å². The highest BCUT2D eigenvalue weighted by Crippen LogP contribution is 2.12. The van der Waals surface area contributed by atoms with Crippen molar-refractivity contribution in [3.05, 3.63) is 29.8 Å². The molecule has 1 aromatic rings. The summed E-state index contributed by atoms with van der Waals surface area (Å²) in [4.78, 5) is 2.53. The van der Waals surface area contributed by atoms with Gasteiger partial charge < -0.3 is 20.5 Å². The molecule has 1 atom stereocenters. The molecule has 0 aliphatic heterocycles. The Kier molecular flexibility index (Phi) is 6.77. The molecule has 0 spiro atoms. The number of aliphatic hydroxyl groups is 1. The molecular formula is C14H22N2O2S. The average molecular weight is 282 g/mol. The zero-order chi connectivity index (χ0) is 14.3. The summed E-state index contributed by atoms with van der Waals surface area (Å²) in [5.74, 6) is 0.707. The summed E-state index contributed by atoms with van der Waals surface area (Å²) in [5, 5.41) is 9.88. The lowest BCUT2D eigenvalue weighted by molar-refractivity contribution is 0.0716. The number of thiocarbonyl (C=S) groups is 1. The fourth-order valence-corrected chi connectivity index (χ4v) is 1.88. The monoisotopic (exact) mass is 282 g/mol. The molecule has 0 amide bonds. The van der Waals surface area contributed by atoms with Crippen molar-refractivity contribution in [2.24, 2.45) is 5.73 Å². The van der Waals surface area contributed by atoms with Crippen molar-refractivity contribution < 1.29 is 9.84 Å². The Morgan fingerprint density at radius 1 is 1.32 bits per heavy atom. The van der Waals surface area contributed by atoms with Crippen LogP contribution in [0.5, 0.6) is 5.75 Å². The van der Waals surface area contributed by atoms with Gasteiger partial charge in [0.1, 0.15) is 23.4 Å². The highest BCUT2D eigenvalue weighted by Gasteiger charge is 2.09. The number of rotatable bonds is 8. The number of benzene rings is 1. The van der Waals surface area contributed by atoms with Crippen molar-refractivity contribution in [2.45, 2.75) is 20.0 Å². The van der Waals surface area contributed by atoms with Crippen LogP contribution in [0.1, 0.15) is 19.4 Å². The Bertz CT molecular complexity index is 391. The van der Waals surface area contributed by atoms with E-state index in [0.29, 0.717) is 17.3 Å². The van der Waals surface area contributed by atoms with Crippen molar-refractivity contribution in [2.75, 3.05) is 26.2 Å². The molecule has 106 valence electrons. The maximum absolute atomic E-state index is 9.88. The molecule has 1 rings (SSSR count). The van der Waals surface area contributed by atoms with Gasteiger partial charge >= 0.3 is 0 Å². The van der Waals surface area contributed by atoms with Crippen LogP contribution in [0.25, 0.3) is 0 Å². The van der Waals surface area contributed by atoms with Gasteiger partial charge in [-0.3, -0.25) is 0 Å². The molecule has 4 nitrogen and oxygen atoms in total. The van der Waals surface area contributed by atoms with Crippen LogP contribution in [0.3, 0.4) is 0 Å². The fourth-order valence-electron chi connectivity index (χ4n) is 1.74. The van der Waals surface area contributed by atoms with Crippen LogP contribution < -0.4 is 10.5 Å². The highest BCUT2D eigenvalue weighted by molar-refractivity contribution is 7.80. The summed E-state index contributed by atoms with van der Waals surface area (Å²) in [5.41, 5.74) is 6.33. The van der Waals surface area contributed by atoms with Gasteiger partial charge in [-0.25, -0.2) is 0 Å². The van der Waals surface area contributed by atoms with Crippen molar-refractivity contribution in [3.63, 3.8) is 0 Å². The van der Waals surface area contributed by atoms with Gasteiger partial charge in [0.05, 0.1) is 0 Å². The first-order valence-electron chi connectivity index (χ1n) is 6.49. The van der Waals surface area contributed by atoms with Crippen molar-refractivity contribution in [1.82, 2.24) is 4.90 Å². The first-order chi connectivity index (χ1) is 9.06. The van der Waals surface area contributed by atoms with Crippen LogP contribution in [0.15, 0.2) is 24.3 Å². The third kappa shape index (κ3) is 5.55. The van der Waals surface area contributed by atoms with Crippen LogP contribution in [0.4, 0.5) is 0 Å². The average Bonchev–Trinajstić information content (AvgIpc) is 2.43.